The van der Waals surface area contributed by atoms with E-state index in [-0.39, 0.29) is 115 Å². The van der Waals surface area contributed by atoms with Crippen LogP contribution in [0.4, 0.5) is 0 Å². The Morgan fingerprint density at radius 1 is 0.437 bits per heavy atom. The smallest absolute Gasteiger partial charge is 0.220 e. The van der Waals surface area contributed by atoms with Crippen LogP contribution in [0, 0.1) is 0 Å². The Morgan fingerprint density at radius 3 is 1.27 bits per heavy atom. The fraction of sp³-hybridized carbons (Fsp3) is 0.830. The van der Waals surface area contributed by atoms with Crippen LogP contribution in [0.25, 0.3) is 0 Å². The van der Waals surface area contributed by atoms with Crippen molar-refractivity contribution >= 4 is 45.2 Å². The second-order valence-electron chi connectivity index (χ2n) is 35.9. The number of fused-ring (bicyclic) bond motifs is 12. The minimum absolute atomic E-state index is 0.0157. The van der Waals surface area contributed by atoms with E-state index in [1.807, 2.05) is 59.7 Å². The number of ether oxygens (including phenoxy) is 27. The number of carbonyl (C=O) groups is 4. The van der Waals surface area contributed by atoms with Gasteiger partial charge in [0.2, 0.25) is 23.6 Å². The lowest BCUT2D eigenvalue weighted by Crippen LogP contribution is -2.65. The van der Waals surface area contributed by atoms with Crippen molar-refractivity contribution in [2.75, 3.05) is 211 Å². The molecule has 0 spiro atoms. The van der Waals surface area contributed by atoms with Gasteiger partial charge in [0.25, 0.3) is 0 Å². The molecular formula is C88H140N14O31S2. The van der Waals surface area contributed by atoms with E-state index in [4.69, 9.17) is 128 Å². The monoisotopic (exact) mass is 1950 g/mol. The molecule has 0 radical (unpaired) electrons. The summed E-state index contributed by atoms with van der Waals surface area (Å²) in [4.78, 5) is 55.5. The Labute approximate surface area is 795 Å². The van der Waals surface area contributed by atoms with Crippen LogP contribution in [-0.4, -0.2) is 391 Å². The van der Waals surface area contributed by atoms with Gasteiger partial charge in [-0.15, -0.1) is 15.3 Å². The van der Waals surface area contributed by atoms with Gasteiger partial charge in [0.05, 0.1) is 262 Å². The Morgan fingerprint density at radius 2 is 0.837 bits per heavy atom. The van der Waals surface area contributed by atoms with Gasteiger partial charge in [-0.2, -0.15) is 0 Å². The molecule has 47 heteroatoms. The van der Waals surface area contributed by atoms with Gasteiger partial charge in [-0.25, -0.2) is 19.0 Å². The van der Waals surface area contributed by atoms with Crippen LogP contribution in [0.3, 0.4) is 0 Å². The Bertz CT molecular complexity index is 4000. The van der Waals surface area contributed by atoms with Gasteiger partial charge in [0.15, 0.2) is 36.2 Å². The standard InChI is InChI=1S/C88H140N14O31S2/c1-63(103)91-73-75-78(130-83(5,6)127-75)87(61-123-80(73)132-87)58-117-44-41-114-38-35-111-32-29-108-26-23-101-49-66(95-98-101)52-120-55-85(93-70(106)18-11-9-14-20-89-69(105)17-12-10-16-46-134-135-71-19-13-15-21-90-71,54-119-51-65-48-100(97-94-65)22-25-107-28-31-110-34-37-113-40-43-116-57-86-60-122-72(126-86)47-68-77(86)129-82(3,4)125-68)56-121-53-67-50-102(99-96-67)24-27-109-30-33-112-36-39-115-42-45-118-59-88-62-124-81(133-88)74(92-64(2)104)76-79(88)131-84(7,8)128-76/h13,15,19,21,48-50,68,72-81H,9-12,14,16-18,20,22-47,51-62H2,1-8H3,(H,89,105)(H,91,103)(H,92,104)(H,93,106)/t68-,72+,73-,74-,75-,76-,77-,78-,79-,80+,81+,86+,87+,88+/m1/s1. The molecule has 13 rings (SSSR count). The van der Waals surface area contributed by atoms with Gasteiger partial charge in [-0.05, 0) is 90.2 Å². The van der Waals surface area contributed by atoms with E-state index in [1.54, 1.807) is 60.4 Å². The SMILES string of the molecule is CC(=O)N[C@H]1[C@H]2OC[C@](COCCOCCOCCOCCn3cc(COCC(COCc4cn(CCOCCOCCOCCOC[C@@]56CO[C@@H](O5)[C@H](NC(C)=O)[C@H]5OC(C)(C)O[C@H]56)nn4)(COCc4cn(CCOCCOCCOCCOC[C@]56CO[C@H](C[C@H]7OC(C)(C)O[C@H]75)O6)nn4)NC(=O)CCCCCNC(=O)CCCCCSSc4ccccn4)nn3)(O2)[C@@H]2OC(C)(C)O[C@H]12. The molecule has 0 aliphatic carbocycles. The van der Waals surface area contributed by atoms with Crippen molar-refractivity contribution < 1.29 is 147 Å². The van der Waals surface area contributed by atoms with Crippen LogP contribution in [0.15, 0.2) is 48.0 Å². The summed E-state index contributed by atoms with van der Waals surface area (Å²) in [5, 5.41) is 39.2. The lowest BCUT2D eigenvalue weighted by Gasteiger charge is -2.42. The minimum Gasteiger partial charge on any atom is -0.377 e. The average Bonchev–Trinajstić information content (AvgIpc) is 1.57. The molecule has 4 aromatic heterocycles. The Kier molecular flexibility index (Phi) is 42.4. The number of hydrogen-bond donors (Lipinski definition) is 4. The maximum absolute atomic E-state index is 14.3. The summed E-state index contributed by atoms with van der Waals surface area (Å²) < 4.78 is 168. The quantitative estimate of drug-likeness (QED) is 0.0365. The summed E-state index contributed by atoms with van der Waals surface area (Å²) in [6.45, 7) is 24.3. The third-order valence-corrected chi connectivity index (χ3v) is 25.5. The van der Waals surface area contributed by atoms with Crippen LogP contribution in [-0.2, 0) is 187 Å². The van der Waals surface area contributed by atoms with Gasteiger partial charge in [0.1, 0.15) is 87.1 Å². The van der Waals surface area contributed by atoms with Crippen LogP contribution in [0.5, 0.6) is 0 Å². The second-order valence-corrected chi connectivity index (χ2v) is 38.3. The maximum Gasteiger partial charge on any atom is 0.220 e. The molecule has 14 atom stereocenters. The molecule has 13 heterocycles. The molecule has 0 saturated carbocycles. The zero-order valence-electron chi connectivity index (χ0n) is 79.1. The zero-order chi connectivity index (χ0) is 94.7. The summed E-state index contributed by atoms with van der Waals surface area (Å²) in [5.74, 6) is -2.14. The first-order valence-corrected chi connectivity index (χ1v) is 49.4. The van der Waals surface area contributed by atoms with E-state index in [1.165, 1.54) is 13.8 Å². The molecule has 9 fully saturated rings. The van der Waals surface area contributed by atoms with Gasteiger partial charge < -0.3 is 149 Å². The fourth-order valence-corrected chi connectivity index (χ4v) is 19.1. The van der Waals surface area contributed by atoms with Crippen molar-refractivity contribution in [1.82, 2.24) is 71.2 Å². The maximum atomic E-state index is 14.3. The molecule has 9 aliphatic rings. The number of unbranched alkanes of at least 4 members (excludes halogenated alkanes) is 4. The summed E-state index contributed by atoms with van der Waals surface area (Å²) in [7, 11) is 3.43. The number of carbonyl (C=O) groups excluding carboxylic acids is 4. The van der Waals surface area contributed by atoms with E-state index in [9.17, 15) is 19.2 Å². The molecule has 4 amide bonds. The van der Waals surface area contributed by atoms with E-state index in [2.05, 4.69) is 57.2 Å². The number of amides is 4. The van der Waals surface area contributed by atoms with E-state index >= 15 is 0 Å². The summed E-state index contributed by atoms with van der Waals surface area (Å²) in [6.07, 6.45) is 9.01. The number of pyridine rings is 1. The fourth-order valence-electron chi connectivity index (χ4n) is 17.0. The zero-order valence-corrected chi connectivity index (χ0v) is 80.7. The minimum atomic E-state index is -1.28. The molecule has 135 heavy (non-hydrogen) atoms. The van der Waals surface area contributed by atoms with Crippen molar-refractivity contribution in [3.05, 3.63) is 60.1 Å². The molecule has 45 nitrogen and oxygen atoms in total. The second kappa shape index (κ2) is 53.8. The van der Waals surface area contributed by atoms with Gasteiger partial charge in [-0.3, -0.25) is 19.2 Å². The first-order chi connectivity index (χ1) is 65.4. The van der Waals surface area contributed by atoms with E-state index in [0.717, 1.165) is 30.0 Å². The lowest BCUT2D eigenvalue weighted by atomic mass is 9.88. The largest absolute Gasteiger partial charge is 0.377 e. The number of nitrogens with zero attached hydrogens (tertiary/aromatic N) is 10. The third kappa shape index (κ3) is 33.6. The van der Waals surface area contributed by atoms with Crippen LogP contribution < -0.4 is 21.3 Å². The number of aromatic nitrogens is 10. The Hall–Kier alpha value is -5.93. The highest BCUT2D eigenvalue weighted by atomic mass is 33.1. The Balaban J connectivity index is 0.537. The van der Waals surface area contributed by atoms with Crippen LogP contribution >= 0.6 is 21.6 Å². The van der Waals surface area contributed by atoms with Crippen molar-refractivity contribution in [2.45, 2.75) is 265 Å². The van der Waals surface area contributed by atoms with Crippen molar-refractivity contribution in [3.63, 3.8) is 0 Å². The van der Waals surface area contributed by atoms with E-state index < -0.39 is 88.8 Å². The van der Waals surface area contributed by atoms with Crippen LogP contribution in [0.1, 0.15) is 130 Å². The average molecular weight is 1950 g/mol. The predicted octanol–water partition coefficient (Wildman–Crippen LogP) is 2.87. The van der Waals surface area contributed by atoms with Gasteiger partial charge >= 0.3 is 0 Å². The van der Waals surface area contributed by atoms with Crippen LogP contribution in [0.2, 0.25) is 0 Å². The van der Waals surface area contributed by atoms with Crippen molar-refractivity contribution in [2.24, 2.45) is 0 Å². The molecule has 0 aromatic carbocycles. The van der Waals surface area contributed by atoms with Crippen molar-refractivity contribution in [3.8, 4) is 0 Å². The predicted molar refractivity (Wildman–Crippen MR) is 474 cm³/mol. The molecular weight excluding hydrogens is 1810 g/mol. The first kappa shape index (κ1) is 106. The molecule has 4 aromatic rings. The molecule has 6 bridgehead atoms. The van der Waals surface area contributed by atoms with Gasteiger partial charge in [0, 0.05) is 51.6 Å². The summed E-state index contributed by atoms with van der Waals surface area (Å²) >= 11 is 0. The molecule has 0 unspecified atom stereocenters. The topological polar surface area (TPSA) is 471 Å². The first-order valence-electron chi connectivity index (χ1n) is 47.0. The summed E-state index contributed by atoms with van der Waals surface area (Å²) in [5.41, 5.74) is -2.19. The van der Waals surface area contributed by atoms with Gasteiger partial charge in [-0.1, -0.05) is 45.3 Å². The third-order valence-electron chi connectivity index (χ3n) is 23.2. The molecule has 9 saturated heterocycles. The molecule has 760 valence electrons. The highest BCUT2D eigenvalue weighted by Gasteiger charge is 2.68. The normalized spacial score (nSPS) is 26.9. The lowest BCUT2D eigenvalue weighted by molar-refractivity contribution is -0.214. The molecule has 9 aliphatic heterocycles. The highest BCUT2D eigenvalue weighted by Crippen LogP contribution is 2.50. The summed E-state index contributed by atoms with van der Waals surface area (Å²) in [6, 6.07) is 4.84. The van der Waals surface area contributed by atoms with Crippen molar-refractivity contribution in [1.29, 1.82) is 0 Å². The van der Waals surface area contributed by atoms with E-state index in [0.29, 0.717) is 227 Å². The molecule has 4 N–H and O–H groups in total. The number of rotatable bonds is 71. The number of hydrogen-bond acceptors (Lipinski definition) is 40. The highest BCUT2D eigenvalue weighted by molar-refractivity contribution is 8.76. The number of nitrogens with one attached hydrogen (secondary N) is 4.